The second kappa shape index (κ2) is 6.61. The molecule has 2 aliphatic heterocycles. The van der Waals surface area contributed by atoms with E-state index in [-0.39, 0.29) is 11.4 Å². The summed E-state index contributed by atoms with van der Waals surface area (Å²) in [5, 5.41) is 0. The molecule has 4 rings (SSSR count). The molecule has 2 aliphatic rings. The van der Waals surface area contributed by atoms with Crippen molar-refractivity contribution in [2.24, 2.45) is 0 Å². The number of piperidine rings is 1. The Kier molecular flexibility index (Phi) is 4.33. The number of pyridine rings is 1. The fraction of sp³-hybridized carbons (Fsp3) is 0.450. The average molecular weight is 326 g/mol. The summed E-state index contributed by atoms with van der Waals surface area (Å²) in [5.41, 5.74) is 2.51. The van der Waals surface area contributed by atoms with Crippen LogP contribution in [-0.2, 0) is 11.3 Å². The molecule has 1 aromatic heterocycles. The summed E-state index contributed by atoms with van der Waals surface area (Å²) in [6, 6.07) is 11.0. The van der Waals surface area contributed by atoms with Gasteiger partial charge in [-0.05, 0) is 48.6 Å². The number of nitrogens with zero attached hydrogens (tertiary/aromatic N) is 2. The van der Waals surface area contributed by atoms with Crippen molar-refractivity contribution in [3.05, 3.63) is 65.7 Å². The van der Waals surface area contributed by atoms with Crippen molar-refractivity contribution < 1.29 is 9.13 Å². The first-order chi connectivity index (χ1) is 11.7. The number of hydrogen-bond acceptors (Lipinski definition) is 3. The summed E-state index contributed by atoms with van der Waals surface area (Å²) in [7, 11) is 0. The monoisotopic (exact) mass is 326 g/mol. The van der Waals surface area contributed by atoms with Crippen LogP contribution in [-0.4, -0.2) is 35.2 Å². The van der Waals surface area contributed by atoms with Gasteiger partial charge in [-0.2, -0.15) is 0 Å². The molecule has 0 radical (unpaired) electrons. The summed E-state index contributed by atoms with van der Waals surface area (Å²) in [6.07, 6.45) is 7.04. The van der Waals surface area contributed by atoms with E-state index in [1.165, 1.54) is 11.1 Å². The number of aromatic nitrogens is 1. The lowest BCUT2D eigenvalue weighted by Crippen LogP contribution is -2.43. The maximum Gasteiger partial charge on any atom is 0.123 e. The highest BCUT2D eigenvalue weighted by Crippen LogP contribution is 2.42. The first kappa shape index (κ1) is 15.7. The van der Waals surface area contributed by atoms with E-state index in [1.54, 1.807) is 12.1 Å². The minimum atomic E-state index is -0.169. The van der Waals surface area contributed by atoms with Gasteiger partial charge in [0.1, 0.15) is 5.82 Å². The van der Waals surface area contributed by atoms with Crippen LogP contribution in [0.5, 0.6) is 0 Å². The molecule has 126 valence electrons. The topological polar surface area (TPSA) is 25.4 Å². The largest absolute Gasteiger partial charge is 0.374 e. The number of benzene rings is 1. The fourth-order valence-electron chi connectivity index (χ4n) is 3.99. The van der Waals surface area contributed by atoms with Crippen LogP contribution >= 0.6 is 0 Å². The van der Waals surface area contributed by atoms with Crippen molar-refractivity contribution in [1.82, 2.24) is 9.88 Å². The lowest BCUT2D eigenvalue weighted by molar-refractivity contribution is -0.0448. The summed E-state index contributed by atoms with van der Waals surface area (Å²) < 4.78 is 19.3. The van der Waals surface area contributed by atoms with Crippen LogP contribution in [0.3, 0.4) is 0 Å². The predicted octanol–water partition coefficient (Wildman–Crippen LogP) is 3.76. The van der Waals surface area contributed by atoms with E-state index in [9.17, 15) is 4.39 Å². The second-order valence-corrected chi connectivity index (χ2v) is 7.08. The van der Waals surface area contributed by atoms with Crippen LogP contribution in [0.1, 0.15) is 36.3 Å². The highest BCUT2D eigenvalue weighted by atomic mass is 19.1. The molecule has 0 unspecified atom stereocenters. The normalized spacial score (nSPS) is 23.6. The second-order valence-electron chi connectivity index (χ2n) is 7.08. The molecule has 2 saturated heterocycles. The van der Waals surface area contributed by atoms with E-state index in [0.717, 1.165) is 45.5 Å². The maximum atomic E-state index is 13.0. The van der Waals surface area contributed by atoms with Crippen molar-refractivity contribution in [2.75, 3.05) is 19.7 Å². The quantitative estimate of drug-likeness (QED) is 0.859. The average Bonchev–Trinajstić information content (AvgIpc) is 3.04. The van der Waals surface area contributed by atoms with Crippen LogP contribution in [0.4, 0.5) is 4.39 Å². The Morgan fingerprint density at radius 3 is 2.67 bits per heavy atom. The molecule has 24 heavy (non-hydrogen) atoms. The molecule has 2 fully saturated rings. The van der Waals surface area contributed by atoms with Gasteiger partial charge in [0.25, 0.3) is 0 Å². The van der Waals surface area contributed by atoms with Crippen LogP contribution in [0.25, 0.3) is 0 Å². The number of likely N-dealkylation sites (tertiary alicyclic amines) is 1. The Morgan fingerprint density at radius 2 is 1.96 bits per heavy atom. The SMILES string of the molecule is Fc1ccc(CN2CCC3(CC2)C[C@H](c2cccnc2)CO3)cc1. The third-order valence-corrected chi connectivity index (χ3v) is 5.45. The zero-order chi connectivity index (χ0) is 16.4. The number of hydrogen-bond donors (Lipinski definition) is 0. The number of rotatable bonds is 3. The first-order valence-electron chi connectivity index (χ1n) is 8.73. The number of ether oxygens (including phenoxy) is 1. The van der Waals surface area contributed by atoms with Crippen LogP contribution < -0.4 is 0 Å². The number of halogens is 1. The van der Waals surface area contributed by atoms with Gasteiger partial charge in [0, 0.05) is 37.9 Å². The van der Waals surface area contributed by atoms with E-state index in [1.807, 2.05) is 30.6 Å². The van der Waals surface area contributed by atoms with E-state index in [0.29, 0.717) is 5.92 Å². The van der Waals surface area contributed by atoms with E-state index in [2.05, 4.69) is 16.0 Å². The van der Waals surface area contributed by atoms with Gasteiger partial charge in [-0.15, -0.1) is 0 Å². The summed E-state index contributed by atoms with van der Waals surface area (Å²) in [5.74, 6) is 0.305. The Labute approximate surface area is 142 Å². The third kappa shape index (κ3) is 3.35. The Hall–Kier alpha value is -1.78. The lowest BCUT2D eigenvalue weighted by atomic mass is 9.83. The molecule has 3 nitrogen and oxygen atoms in total. The zero-order valence-electron chi connectivity index (χ0n) is 13.8. The van der Waals surface area contributed by atoms with Crippen molar-refractivity contribution >= 4 is 0 Å². The van der Waals surface area contributed by atoms with Gasteiger partial charge in [0.15, 0.2) is 0 Å². The van der Waals surface area contributed by atoms with Crippen molar-refractivity contribution in [3.8, 4) is 0 Å². The van der Waals surface area contributed by atoms with E-state index >= 15 is 0 Å². The lowest BCUT2D eigenvalue weighted by Gasteiger charge is -2.38. The molecule has 1 spiro atoms. The molecule has 1 aromatic carbocycles. The van der Waals surface area contributed by atoms with Gasteiger partial charge in [-0.3, -0.25) is 9.88 Å². The van der Waals surface area contributed by atoms with Crippen LogP contribution in [0, 0.1) is 5.82 Å². The zero-order valence-corrected chi connectivity index (χ0v) is 13.8. The van der Waals surface area contributed by atoms with Crippen molar-refractivity contribution in [1.29, 1.82) is 0 Å². The maximum absolute atomic E-state index is 13.0. The van der Waals surface area contributed by atoms with Gasteiger partial charge in [0.2, 0.25) is 0 Å². The Morgan fingerprint density at radius 1 is 1.17 bits per heavy atom. The van der Waals surface area contributed by atoms with Gasteiger partial charge in [-0.1, -0.05) is 18.2 Å². The molecule has 1 atom stereocenters. The summed E-state index contributed by atoms with van der Waals surface area (Å²) in [6.45, 7) is 3.78. The summed E-state index contributed by atoms with van der Waals surface area (Å²) in [4.78, 5) is 6.68. The minimum Gasteiger partial charge on any atom is -0.374 e. The van der Waals surface area contributed by atoms with Gasteiger partial charge in [0.05, 0.1) is 12.2 Å². The summed E-state index contributed by atoms with van der Waals surface area (Å²) >= 11 is 0. The third-order valence-electron chi connectivity index (χ3n) is 5.45. The van der Waals surface area contributed by atoms with Gasteiger partial charge >= 0.3 is 0 Å². The standard InChI is InChI=1S/C20H23FN2O/c21-19-5-3-16(4-6-19)14-23-10-7-20(8-11-23)12-18(15-24-20)17-2-1-9-22-13-17/h1-6,9,13,18H,7-8,10-12,14-15H2/t18-/m0/s1. The van der Waals surface area contributed by atoms with E-state index in [4.69, 9.17) is 4.74 Å². The minimum absolute atomic E-state index is 0.0415. The van der Waals surface area contributed by atoms with Crippen LogP contribution in [0.2, 0.25) is 0 Å². The molecule has 2 aromatic rings. The molecule has 3 heterocycles. The molecular formula is C20H23FN2O. The van der Waals surface area contributed by atoms with Gasteiger partial charge in [-0.25, -0.2) is 4.39 Å². The molecule has 0 bridgehead atoms. The van der Waals surface area contributed by atoms with Crippen molar-refractivity contribution in [2.45, 2.75) is 37.3 Å². The molecule has 0 N–H and O–H groups in total. The molecular weight excluding hydrogens is 303 g/mol. The van der Waals surface area contributed by atoms with E-state index < -0.39 is 0 Å². The van der Waals surface area contributed by atoms with Gasteiger partial charge < -0.3 is 4.74 Å². The predicted molar refractivity (Wildman–Crippen MR) is 91.2 cm³/mol. The molecule has 0 amide bonds. The Bertz CT molecular complexity index is 666. The van der Waals surface area contributed by atoms with Crippen LogP contribution in [0.15, 0.2) is 48.8 Å². The Balaban J connectivity index is 1.34. The fourth-order valence-corrected chi connectivity index (χ4v) is 3.99. The van der Waals surface area contributed by atoms with Crippen molar-refractivity contribution in [3.63, 3.8) is 0 Å². The smallest absolute Gasteiger partial charge is 0.123 e. The highest BCUT2D eigenvalue weighted by Gasteiger charge is 2.42. The molecule has 0 saturated carbocycles. The molecule has 0 aliphatic carbocycles. The first-order valence-corrected chi connectivity index (χ1v) is 8.73. The highest BCUT2D eigenvalue weighted by molar-refractivity contribution is 5.19. The molecule has 4 heteroatoms.